The molecule has 5 heteroatoms. The molecular weight excluding hydrogens is 304 g/mol. The molecule has 5 nitrogen and oxygen atoms in total. The fraction of sp³-hybridized carbons (Fsp3) is 0.368. The molecule has 1 unspecified atom stereocenters. The van der Waals surface area contributed by atoms with Crippen LogP contribution in [0.15, 0.2) is 24.5 Å². The lowest BCUT2D eigenvalue weighted by Crippen LogP contribution is -2.48. The molecule has 0 bridgehead atoms. The summed E-state index contributed by atoms with van der Waals surface area (Å²) in [5, 5.41) is 13.1. The fourth-order valence-corrected chi connectivity index (χ4v) is 3.11. The molecule has 3 rings (SSSR count). The molecule has 2 aromatic rings. The van der Waals surface area contributed by atoms with Gasteiger partial charge in [-0.1, -0.05) is 0 Å². The first kappa shape index (κ1) is 16.3. The first-order valence-electron chi connectivity index (χ1n) is 8.05. The van der Waals surface area contributed by atoms with Crippen molar-refractivity contribution in [2.75, 3.05) is 5.32 Å². The summed E-state index contributed by atoms with van der Waals surface area (Å²) in [5.74, 6) is 0.864. The molecule has 1 aromatic heterocycles. The first-order valence-corrected chi connectivity index (χ1v) is 8.05. The number of hydrogen-bond acceptors (Lipinski definition) is 4. The number of amides is 1. The molecule has 0 aliphatic carbocycles. The number of aromatic hydroxyl groups is 1. The number of phenolic OH excluding ortho intramolecular Hbond substituents is 1. The van der Waals surface area contributed by atoms with E-state index in [0.29, 0.717) is 24.3 Å². The van der Waals surface area contributed by atoms with E-state index >= 15 is 0 Å². The highest BCUT2D eigenvalue weighted by Gasteiger charge is 2.40. The highest BCUT2D eigenvalue weighted by atomic mass is 16.5. The number of hydrogen-bond donors (Lipinski definition) is 2. The Kier molecular flexibility index (Phi) is 3.95. The quantitative estimate of drug-likeness (QED) is 0.887. The number of fused-ring (bicyclic) bond motifs is 1. The highest BCUT2D eigenvalue weighted by molar-refractivity contribution is 5.97. The summed E-state index contributed by atoms with van der Waals surface area (Å²) in [6.45, 7) is 7.48. The molecule has 126 valence electrons. The van der Waals surface area contributed by atoms with E-state index in [1.54, 1.807) is 24.5 Å². The van der Waals surface area contributed by atoms with Gasteiger partial charge in [-0.3, -0.25) is 9.78 Å². The first-order chi connectivity index (χ1) is 11.3. The van der Waals surface area contributed by atoms with Crippen LogP contribution in [0.3, 0.4) is 0 Å². The lowest BCUT2D eigenvalue weighted by atomic mass is 9.86. The number of pyridine rings is 1. The van der Waals surface area contributed by atoms with Crippen LogP contribution in [0.25, 0.3) is 0 Å². The molecule has 0 spiro atoms. The third-order valence-electron chi connectivity index (χ3n) is 4.94. The summed E-state index contributed by atoms with van der Waals surface area (Å²) in [4.78, 5) is 16.7. The number of aromatic nitrogens is 1. The number of benzene rings is 1. The van der Waals surface area contributed by atoms with E-state index in [-0.39, 0.29) is 5.91 Å². The maximum Gasteiger partial charge on any atom is 0.268 e. The second-order valence-electron chi connectivity index (χ2n) is 6.55. The lowest BCUT2D eigenvalue weighted by molar-refractivity contribution is -0.131. The van der Waals surface area contributed by atoms with E-state index in [9.17, 15) is 9.90 Å². The second-order valence-corrected chi connectivity index (χ2v) is 6.55. The second kappa shape index (κ2) is 5.82. The number of anilines is 1. The van der Waals surface area contributed by atoms with Crippen molar-refractivity contribution in [1.29, 1.82) is 0 Å². The average molecular weight is 326 g/mol. The number of carbonyl (C=O) groups is 1. The van der Waals surface area contributed by atoms with Crippen molar-refractivity contribution < 1.29 is 14.6 Å². The molecule has 0 radical (unpaired) electrons. The third-order valence-corrected chi connectivity index (χ3v) is 4.94. The molecule has 1 aliphatic rings. The van der Waals surface area contributed by atoms with Gasteiger partial charge in [-0.15, -0.1) is 0 Å². The van der Waals surface area contributed by atoms with Crippen molar-refractivity contribution in [3.63, 3.8) is 0 Å². The van der Waals surface area contributed by atoms with Gasteiger partial charge in [0.25, 0.3) is 5.91 Å². The van der Waals surface area contributed by atoms with Gasteiger partial charge in [-0.25, -0.2) is 0 Å². The minimum atomic E-state index is -0.948. The predicted molar refractivity (Wildman–Crippen MR) is 92.5 cm³/mol. The van der Waals surface area contributed by atoms with E-state index in [0.717, 1.165) is 28.0 Å². The molecule has 0 fully saturated rings. The Balaban J connectivity index is 1.92. The summed E-state index contributed by atoms with van der Waals surface area (Å²) in [6, 6.07) is 3.49. The van der Waals surface area contributed by atoms with E-state index in [1.165, 1.54) is 0 Å². The third kappa shape index (κ3) is 2.60. The van der Waals surface area contributed by atoms with Crippen LogP contribution in [0.1, 0.15) is 35.6 Å². The van der Waals surface area contributed by atoms with Crippen LogP contribution in [0.4, 0.5) is 5.69 Å². The van der Waals surface area contributed by atoms with Gasteiger partial charge in [0.05, 0.1) is 0 Å². The van der Waals surface area contributed by atoms with Gasteiger partial charge in [0.15, 0.2) is 5.60 Å². The van der Waals surface area contributed by atoms with Gasteiger partial charge < -0.3 is 15.2 Å². The summed E-state index contributed by atoms with van der Waals surface area (Å²) < 4.78 is 6.16. The molecule has 2 N–H and O–H groups in total. The Morgan fingerprint density at radius 3 is 2.54 bits per heavy atom. The van der Waals surface area contributed by atoms with Crippen molar-refractivity contribution in [1.82, 2.24) is 4.98 Å². The molecule has 1 aliphatic heterocycles. The number of nitrogens with one attached hydrogen (secondary N) is 1. The Labute approximate surface area is 141 Å². The lowest BCUT2D eigenvalue weighted by Gasteiger charge is -2.36. The highest BCUT2D eigenvalue weighted by Crippen LogP contribution is 2.43. The molecule has 0 saturated heterocycles. The number of nitrogens with zero attached hydrogens (tertiary/aromatic N) is 1. The molecule has 1 atom stereocenters. The van der Waals surface area contributed by atoms with E-state index in [1.807, 2.05) is 27.7 Å². The van der Waals surface area contributed by atoms with Crippen LogP contribution in [0, 0.1) is 20.8 Å². The monoisotopic (exact) mass is 326 g/mol. The summed E-state index contributed by atoms with van der Waals surface area (Å²) in [6.07, 6.45) is 4.51. The predicted octanol–water partition coefficient (Wildman–Crippen LogP) is 3.43. The van der Waals surface area contributed by atoms with Gasteiger partial charge in [0.2, 0.25) is 0 Å². The van der Waals surface area contributed by atoms with Crippen LogP contribution in [0.2, 0.25) is 0 Å². The zero-order valence-corrected chi connectivity index (χ0v) is 14.4. The molecule has 1 aromatic carbocycles. The van der Waals surface area contributed by atoms with Crippen molar-refractivity contribution in [3.8, 4) is 11.5 Å². The van der Waals surface area contributed by atoms with Crippen LogP contribution >= 0.6 is 0 Å². The summed E-state index contributed by atoms with van der Waals surface area (Å²) in [5.41, 5.74) is 3.26. The van der Waals surface area contributed by atoms with Crippen molar-refractivity contribution in [2.45, 2.75) is 46.1 Å². The number of rotatable bonds is 2. The number of ether oxygens (including phenoxy) is 1. The largest absolute Gasteiger partial charge is 0.507 e. The molecule has 2 heterocycles. The van der Waals surface area contributed by atoms with Crippen LogP contribution in [-0.4, -0.2) is 21.6 Å². The van der Waals surface area contributed by atoms with Crippen molar-refractivity contribution >= 4 is 11.6 Å². The molecular formula is C19H22N2O3. The summed E-state index contributed by atoms with van der Waals surface area (Å²) >= 11 is 0. The van der Waals surface area contributed by atoms with Gasteiger partial charge in [0, 0.05) is 30.1 Å². The number of phenols is 1. The van der Waals surface area contributed by atoms with Crippen molar-refractivity contribution in [2.24, 2.45) is 0 Å². The SMILES string of the molecule is Cc1c(C)c2c(c(C)c1O)CCC(C)(C(=O)Nc1ccncc1)O2. The fourth-order valence-electron chi connectivity index (χ4n) is 3.11. The average Bonchev–Trinajstić information content (AvgIpc) is 2.59. The van der Waals surface area contributed by atoms with Gasteiger partial charge in [-0.05, 0) is 62.9 Å². The van der Waals surface area contributed by atoms with Gasteiger partial charge >= 0.3 is 0 Å². The van der Waals surface area contributed by atoms with Crippen LogP contribution < -0.4 is 10.1 Å². The standard InChI is InChI=1S/C19H22N2O3/c1-11-12(2)17-15(13(3)16(11)22)5-8-19(4,24-17)18(23)21-14-6-9-20-10-7-14/h6-7,9-10,22H,5,8H2,1-4H3,(H,20,21,23). The maximum atomic E-state index is 12.7. The Morgan fingerprint density at radius 1 is 1.21 bits per heavy atom. The van der Waals surface area contributed by atoms with Crippen LogP contribution in [-0.2, 0) is 11.2 Å². The zero-order chi connectivity index (χ0) is 17.5. The zero-order valence-electron chi connectivity index (χ0n) is 14.4. The Morgan fingerprint density at radius 2 is 1.88 bits per heavy atom. The van der Waals surface area contributed by atoms with Gasteiger partial charge in [0.1, 0.15) is 11.5 Å². The minimum absolute atomic E-state index is 0.179. The topological polar surface area (TPSA) is 71.5 Å². The maximum absolute atomic E-state index is 12.7. The van der Waals surface area contributed by atoms with E-state index in [2.05, 4.69) is 10.3 Å². The molecule has 0 saturated carbocycles. The number of carbonyl (C=O) groups excluding carboxylic acids is 1. The van der Waals surface area contributed by atoms with E-state index in [4.69, 9.17) is 4.74 Å². The Bertz CT molecular complexity index is 802. The van der Waals surface area contributed by atoms with Crippen molar-refractivity contribution in [3.05, 3.63) is 46.8 Å². The van der Waals surface area contributed by atoms with Crippen LogP contribution in [0.5, 0.6) is 11.5 Å². The summed E-state index contributed by atoms with van der Waals surface area (Å²) in [7, 11) is 0. The smallest absolute Gasteiger partial charge is 0.268 e. The Hall–Kier alpha value is -2.56. The van der Waals surface area contributed by atoms with E-state index < -0.39 is 5.60 Å². The minimum Gasteiger partial charge on any atom is -0.507 e. The van der Waals surface area contributed by atoms with Gasteiger partial charge in [-0.2, -0.15) is 0 Å². The normalized spacial score (nSPS) is 19.3. The molecule has 24 heavy (non-hydrogen) atoms. The molecule has 1 amide bonds.